The third-order valence-corrected chi connectivity index (χ3v) is 11.2. The van der Waals surface area contributed by atoms with Crippen molar-refractivity contribution in [3.8, 4) is 67.3 Å². The molecule has 10 aromatic rings. The predicted molar refractivity (Wildman–Crippen MR) is 225 cm³/mol. The van der Waals surface area contributed by atoms with Gasteiger partial charge in [-0.05, 0) is 86.6 Å². The van der Waals surface area contributed by atoms with E-state index < -0.39 is 0 Å². The van der Waals surface area contributed by atoms with Crippen molar-refractivity contribution in [2.45, 2.75) is 0 Å². The summed E-state index contributed by atoms with van der Waals surface area (Å²) in [6.45, 7) is 0. The zero-order chi connectivity index (χ0) is 35.1. The molecule has 8 aromatic carbocycles. The SMILES string of the molecule is c1ccc(-c2nc(-c3cc(-c4ccc5sc6ccccc6c5c4)cc(-c4ccccc4-c4ccccc4)c3)cc(-c3cccc4ccccc34)n2)cc1. The number of hydrogen-bond acceptors (Lipinski definition) is 3. The summed E-state index contributed by atoms with van der Waals surface area (Å²) < 4.78 is 2.60. The third kappa shape index (κ3) is 5.78. The van der Waals surface area contributed by atoms with Crippen molar-refractivity contribution in [1.82, 2.24) is 9.97 Å². The number of benzene rings is 8. The highest BCUT2D eigenvalue weighted by Gasteiger charge is 2.17. The Balaban J connectivity index is 1.23. The molecule has 0 N–H and O–H groups in total. The molecule has 0 fully saturated rings. The van der Waals surface area contributed by atoms with Crippen molar-refractivity contribution >= 4 is 42.3 Å². The lowest BCUT2D eigenvalue weighted by atomic mass is 9.90. The zero-order valence-electron chi connectivity index (χ0n) is 28.8. The topological polar surface area (TPSA) is 25.8 Å². The summed E-state index contributed by atoms with van der Waals surface area (Å²) in [5.41, 5.74) is 11.9. The highest BCUT2D eigenvalue weighted by atomic mass is 32.1. The van der Waals surface area contributed by atoms with E-state index in [-0.39, 0.29) is 0 Å². The van der Waals surface area contributed by atoms with Crippen LogP contribution in [0.15, 0.2) is 194 Å². The monoisotopic (exact) mass is 692 g/mol. The fourth-order valence-corrected chi connectivity index (χ4v) is 8.59. The molecule has 3 heteroatoms. The second-order valence-electron chi connectivity index (χ2n) is 13.4. The van der Waals surface area contributed by atoms with Crippen LogP contribution in [0.5, 0.6) is 0 Å². The van der Waals surface area contributed by atoms with Crippen LogP contribution in [0.2, 0.25) is 0 Å². The van der Waals surface area contributed by atoms with Gasteiger partial charge in [0.05, 0.1) is 11.4 Å². The van der Waals surface area contributed by atoms with E-state index in [0.29, 0.717) is 5.82 Å². The van der Waals surface area contributed by atoms with Crippen LogP contribution in [0.4, 0.5) is 0 Å². The first kappa shape index (κ1) is 31.1. The number of rotatable bonds is 6. The van der Waals surface area contributed by atoms with Gasteiger partial charge in [0.1, 0.15) is 0 Å². The van der Waals surface area contributed by atoms with E-state index in [4.69, 9.17) is 9.97 Å². The Morgan fingerprint density at radius 2 is 0.887 bits per heavy atom. The lowest BCUT2D eigenvalue weighted by Gasteiger charge is -2.16. The van der Waals surface area contributed by atoms with Gasteiger partial charge in [-0.3, -0.25) is 0 Å². The molecule has 10 rings (SSSR count). The fourth-order valence-electron chi connectivity index (χ4n) is 7.51. The van der Waals surface area contributed by atoms with Gasteiger partial charge in [-0.25, -0.2) is 9.97 Å². The molecule has 0 amide bonds. The Kier molecular flexibility index (Phi) is 7.71. The highest BCUT2D eigenvalue weighted by molar-refractivity contribution is 7.25. The standard InChI is InChI=1S/C50H32N2S/c1-3-14-33(15-4-1)40-20-9-10-22-42(40)38-28-37(36-26-27-49-45(31-36)44-23-11-12-25-48(44)53-49)29-39(30-38)46-32-47(52-50(51-46)35-17-5-2-6-18-35)43-24-13-19-34-16-7-8-21-41(34)43/h1-32H. The number of fused-ring (bicyclic) bond motifs is 4. The van der Waals surface area contributed by atoms with Crippen LogP contribution in [0.25, 0.3) is 98.2 Å². The molecular formula is C50H32N2S. The van der Waals surface area contributed by atoms with Gasteiger partial charge in [0.15, 0.2) is 5.82 Å². The molecule has 53 heavy (non-hydrogen) atoms. The van der Waals surface area contributed by atoms with Crippen molar-refractivity contribution < 1.29 is 0 Å². The lowest BCUT2D eigenvalue weighted by Crippen LogP contribution is -1.97. The van der Waals surface area contributed by atoms with E-state index >= 15 is 0 Å². The molecular weight excluding hydrogens is 661 g/mol. The molecule has 2 heterocycles. The first-order valence-electron chi connectivity index (χ1n) is 17.9. The minimum Gasteiger partial charge on any atom is -0.228 e. The summed E-state index contributed by atoms with van der Waals surface area (Å²) in [6, 6.07) is 69.3. The normalized spacial score (nSPS) is 11.4. The molecule has 2 aromatic heterocycles. The molecule has 0 radical (unpaired) electrons. The van der Waals surface area contributed by atoms with Gasteiger partial charge in [-0.1, -0.05) is 152 Å². The Morgan fingerprint density at radius 3 is 1.72 bits per heavy atom. The molecule has 0 atom stereocenters. The van der Waals surface area contributed by atoms with Gasteiger partial charge >= 0.3 is 0 Å². The molecule has 0 saturated carbocycles. The maximum Gasteiger partial charge on any atom is 0.160 e. The highest BCUT2D eigenvalue weighted by Crippen LogP contribution is 2.41. The van der Waals surface area contributed by atoms with E-state index in [1.165, 1.54) is 53.2 Å². The minimum atomic E-state index is 0.703. The molecule has 0 spiro atoms. The summed E-state index contributed by atoms with van der Waals surface area (Å²) >= 11 is 1.85. The summed E-state index contributed by atoms with van der Waals surface area (Å²) in [6.07, 6.45) is 0. The largest absolute Gasteiger partial charge is 0.228 e. The molecule has 0 saturated heterocycles. The Morgan fingerprint density at radius 1 is 0.302 bits per heavy atom. The van der Waals surface area contributed by atoms with Crippen LogP contribution in [0, 0.1) is 0 Å². The number of aromatic nitrogens is 2. The average molecular weight is 693 g/mol. The first-order valence-corrected chi connectivity index (χ1v) is 18.7. The van der Waals surface area contributed by atoms with E-state index in [1.807, 2.05) is 29.5 Å². The van der Waals surface area contributed by atoms with Crippen molar-refractivity contribution in [2.24, 2.45) is 0 Å². The Bertz CT molecular complexity index is 2940. The first-order chi connectivity index (χ1) is 26.2. The molecule has 2 nitrogen and oxygen atoms in total. The maximum absolute atomic E-state index is 5.30. The van der Waals surface area contributed by atoms with Crippen LogP contribution in [-0.4, -0.2) is 9.97 Å². The lowest BCUT2D eigenvalue weighted by molar-refractivity contribution is 1.18. The predicted octanol–water partition coefficient (Wildman–Crippen LogP) is 14.0. The van der Waals surface area contributed by atoms with Crippen LogP contribution in [0.1, 0.15) is 0 Å². The van der Waals surface area contributed by atoms with E-state index in [9.17, 15) is 0 Å². The second kappa shape index (κ2) is 13.1. The molecule has 0 aliphatic carbocycles. The maximum atomic E-state index is 5.30. The van der Waals surface area contributed by atoms with Gasteiger partial charge in [-0.15, -0.1) is 11.3 Å². The molecule has 0 bridgehead atoms. The van der Waals surface area contributed by atoms with Crippen LogP contribution >= 0.6 is 11.3 Å². The number of thiophene rings is 1. The van der Waals surface area contributed by atoms with Crippen molar-refractivity contribution in [1.29, 1.82) is 0 Å². The van der Waals surface area contributed by atoms with E-state index in [1.54, 1.807) is 0 Å². The van der Waals surface area contributed by atoms with Crippen LogP contribution in [0.3, 0.4) is 0 Å². The van der Waals surface area contributed by atoms with Crippen molar-refractivity contribution in [2.75, 3.05) is 0 Å². The second-order valence-corrected chi connectivity index (χ2v) is 14.5. The third-order valence-electron chi connectivity index (χ3n) is 10.1. The molecule has 0 unspecified atom stereocenters. The van der Waals surface area contributed by atoms with Crippen molar-refractivity contribution in [3.63, 3.8) is 0 Å². The summed E-state index contributed by atoms with van der Waals surface area (Å²) in [5.74, 6) is 0.703. The minimum absolute atomic E-state index is 0.703. The van der Waals surface area contributed by atoms with Gasteiger partial charge in [0.2, 0.25) is 0 Å². The van der Waals surface area contributed by atoms with Gasteiger partial charge in [0.25, 0.3) is 0 Å². The fraction of sp³-hybridized carbons (Fsp3) is 0. The zero-order valence-corrected chi connectivity index (χ0v) is 29.6. The summed E-state index contributed by atoms with van der Waals surface area (Å²) in [4.78, 5) is 10.5. The number of nitrogens with zero attached hydrogens (tertiary/aromatic N) is 2. The molecule has 0 aliphatic heterocycles. The van der Waals surface area contributed by atoms with E-state index in [2.05, 4.69) is 176 Å². The van der Waals surface area contributed by atoms with Crippen molar-refractivity contribution in [3.05, 3.63) is 194 Å². The Hall–Kier alpha value is -6.68. The van der Waals surface area contributed by atoms with Gasteiger partial charge in [-0.2, -0.15) is 0 Å². The smallest absolute Gasteiger partial charge is 0.160 e. The quantitative estimate of drug-likeness (QED) is 0.173. The van der Waals surface area contributed by atoms with Gasteiger partial charge in [0, 0.05) is 36.9 Å². The summed E-state index contributed by atoms with van der Waals surface area (Å²) in [7, 11) is 0. The Labute approximate surface area is 312 Å². The van der Waals surface area contributed by atoms with E-state index in [0.717, 1.165) is 39.2 Å². The molecule has 248 valence electrons. The number of hydrogen-bond donors (Lipinski definition) is 0. The van der Waals surface area contributed by atoms with Gasteiger partial charge < -0.3 is 0 Å². The van der Waals surface area contributed by atoms with Crippen LogP contribution in [-0.2, 0) is 0 Å². The van der Waals surface area contributed by atoms with Crippen LogP contribution < -0.4 is 0 Å². The molecule has 0 aliphatic rings. The average Bonchev–Trinajstić information content (AvgIpc) is 3.62. The summed E-state index contributed by atoms with van der Waals surface area (Å²) in [5, 5.41) is 4.93.